The Kier molecular flexibility index (Phi) is 4.48. The van der Waals surface area contributed by atoms with Gasteiger partial charge in [-0.15, -0.1) is 0 Å². The molecule has 1 aliphatic rings. The third-order valence-corrected chi connectivity index (χ3v) is 4.26. The summed E-state index contributed by atoms with van der Waals surface area (Å²) in [4.78, 5) is 31.0. The van der Waals surface area contributed by atoms with Crippen LogP contribution in [0.1, 0.15) is 46.2 Å². The standard InChI is InChI=1S/C17H26N4O2/c1-11-7-6-8-13(19-11)20-14(22)15(23)21-16(2,3)9-12(18)10-17(21,4)5/h6-8,12H,9-10,18H2,1-5H3,(H,19,20,22). The second-order valence-electron chi connectivity index (χ2n) is 7.55. The molecule has 6 heteroatoms. The number of piperidine rings is 1. The van der Waals surface area contributed by atoms with Gasteiger partial charge in [0.2, 0.25) is 0 Å². The van der Waals surface area contributed by atoms with Crippen molar-refractivity contribution in [3.05, 3.63) is 23.9 Å². The van der Waals surface area contributed by atoms with Crippen LogP contribution < -0.4 is 11.1 Å². The van der Waals surface area contributed by atoms with E-state index in [1.165, 1.54) is 0 Å². The third kappa shape index (κ3) is 3.69. The molecule has 1 aromatic heterocycles. The second-order valence-corrected chi connectivity index (χ2v) is 7.55. The summed E-state index contributed by atoms with van der Waals surface area (Å²) in [6, 6.07) is 5.30. The highest BCUT2D eigenvalue weighted by molar-refractivity contribution is 6.39. The first kappa shape index (κ1) is 17.4. The lowest BCUT2D eigenvalue weighted by Crippen LogP contribution is -2.66. The number of aromatic nitrogens is 1. The molecule has 0 saturated carbocycles. The highest BCUT2D eigenvalue weighted by atomic mass is 16.2. The third-order valence-electron chi connectivity index (χ3n) is 4.26. The number of rotatable bonds is 1. The molecule has 0 radical (unpaired) electrons. The first-order valence-electron chi connectivity index (χ1n) is 7.88. The van der Waals surface area contributed by atoms with E-state index in [4.69, 9.17) is 5.73 Å². The van der Waals surface area contributed by atoms with Crippen molar-refractivity contribution in [2.24, 2.45) is 5.73 Å². The van der Waals surface area contributed by atoms with Crippen LogP contribution in [0.3, 0.4) is 0 Å². The average molecular weight is 318 g/mol. The van der Waals surface area contributed by atoms with Gasteiger partial charge in [0.1, 0.15) is 5.82 Å². The zero-order chi connectivity index (χ0) is 17.4. The summed E-state index contributed by atoms with van der Waals surface area (Å²) in [7, 11) is 0. The minimum Gasteiger partial charge on any atom is -0.328 e. The quantitative estimate of drug-likeness (QED) is 0.773. The first-order chi connectivity index (χ1) is 10.5. The summed E-state index contributed by atoms with van der Waals surface area (Å²) in [6.07, 6.45) is 1.33. The number of hydrogen-bond acceptors (Lipinski definition) is 4. The number of anilines is 1. The van der Waals surface area contributed by atoms with Crippen LogP contribution in [0, 0.1) is 6.92 Å². The van der Waals surface area contributed by atoms with Gasteiger partial charge in [0.05, 0.1) is 0 Å². The number of amides is 2. The molecule has 1 saturated heterocycles. The fourth-order valence-corrected chi connectivity index (χ4v) is 3.79. The maximum Gasteiger partial charge on any atom is 0.315 e. The lowest BCUT2D eigenvalue weighted by Gasteiger charge is -2.54. The maximum atomic E-state index is 12.8. The zero-order valence-electron chi connectivity index (χ0n) is 14.5. The van der Waals surface area contributed by atoms with E-state index in [9.17, 15) is 9.59 Å². The minimum atomic E-state index is -0.667. The Morgan fingerprint density at radius 2 is 1.78 bits per heavy atom. The van der Waals surface area contributed by atoms with Crippen molar-refractivity contribution in [1.82, 2.24) is 9.88 Å². The Morgan fingerprint density at radius 1 is 1.22 bits per heavy atom. The molecule has 2 heterocycles. The predicted molar refractivity (Wildman–Crippen MR) is 89.8 cm³/mol. The molecule has 1 fully saturated rings. The van der Waals surface area contributed by atoms with Crippen LogP contribution in [0.5, 0.6) is 0 Å². The van der Waals surface area contributed by atoms with E-state index in [1.807, 2.05) is 40.7 Å². The molecule has 126 valence electrons. The van der Waals surface area contributed by atoms with Crippen LogP contribution in [-0.4, -0.2) is 38.8 Å². The zero-order valence-corrected chi connectivity index (χ0v) is 14.5. The molecule has 0 aromatic carbocycles. The van der Waals surface area contributed by atoms with E-state index in [0.29, 0.717) is 18.7 Å². The van der Waals surface area contributed by atoms with Crippen molar-refractivity contribution >= 4 is 17.6 Å². The highest BCUT2D eigenvalue weighted by Crippen LogP contribution is 2.37. The van der Waals surface area contributed by atoms with Gasteiger partial charge in [-0.05, 0) is 59.6 Å². The smallest absolute Gasteiger partial charge is 0.315 e. The van der Waals surface area contributed by atoms with Crippen LogP contribution >= 0.6 is 0 Å². The number of nitrogens with two attached hydrogens (primary N) is 1. The lowest BCUT2D eigenvalue weighted by molar-refractivity contribution is -0.156. The van der Waals surface area contributed by atoms with Gasteiger partial charge in [0.15, 0.2) is 0 Å². The summed E-state index contributed by atoms with van der Waals surface area (Å²) in [5, 5.41) is 2.59. The molecule has 2 amide bonds. The fraction of sp³-hybridized carbons (Fsp3) is 0.588. The molecule has 1 aliphatic heterocycles. The summed E-state index contributed by atoms with van der Waals surface area (Å²) in [5.41, 5.74) is 5.94. The Bertz CT molecular complexity index is 607. The molecule has 0 spiro atoms. The van der Waals surface area contributed by atoms with Gasteiger partial charge in [-0.1, -0.05) is 6.07 Å². The summed E-state index contributed by atoms with van der Waals surface area (Å²) in [6.45, 7) is 9.62. The predicted octanol–water partition coefficient (Wildman–Crippen LogP) is 1.84. The molecular weight excluding hydrogens is 292 g/mol. The molecule has 0 bridgehead atoms. The molecule has 2 rings (SSSR count). The van der Waals surface area contributed by atoms with E-state index in [2.05, 4.69) is 10.3 Å². The van der Waals surface area contributed by atoms with Crippen molar-refractivity contribution in [2.75, 3.05) is 5.32 Å². The maximum absolute atomic E-state index is 12.8. The van der Waals surface area contributed by atoms with Crippen LogP contribution in [0.2, 0.25) is 0 Å². The summed E-state index contributed by atoms with van der Waals surface area (Å²) < 4.78 is 0. The molecule has 1 aromatic rings. The van der Waals surface area contributed by atoms with Crippen LogP contribution in [-0.2, 0) is 9.59 Å². The molecule has 23 heavy (non-hydrogen) atoms. The number of nitrogens with zero attached hydrogens (tertiary/aromatic N) is 2. The number of hydrogen-bond donors (Lipinski definition) is 2. The molecule has 0 atom stereocenters. The van der Waals surface area contributed by atoms with E-state index >= 15 is 0 Å². The Labute approximate surface area is 137 Å². The molecular formula is C17H26N4O2. The highest BCUT2D eigenvalue weighted by Gasteiger charge is 2.48. The lowest BCUT2D eigenvalue weighted by atomic mass is 9.77. The molecule has 0 aliphatic carbocycles. The second kappa shape index (κ2) is 5.92. The van der Waals surface area contributed by atoms with Crippen LogP contribution in [0.4, 0.5) is 5.82 Å². The summed E-state index contributed by atoms with van der Waals surface area (Å²) >= 11 is 0. The van der Waals surface area contributed by atoms with Gasteiger partial charge >= 0.3 is 11.8 Å². The largest absolute Gasteiger partial charge is 0.328 e. The molecule has 0 unspecified atom stereocenters. The Hall–Kier alpha value is -1.95. The monoisotopic (exact) mass is 318 g/mol. The number of aryl methyl sites for hydroxylation is 1. The minimum absolute atomic E-state index is 0.0190. The van der Waals surface area contributed by atoms with E-state index in [1.54, 1.807) is 17.0 Å². The van der Waals surface area contributed by atoms with Gasteiger partial charge in [0, 0.05) is 22.8 Å². The van der Waals surface area contributed by atoms with Gasteiger partial charge in [-0.2, -0.15) is 0 Å². The van der Waals surface area contributed by atoms with E-state index in [0.717, 1.165) is 5.69 Å². The number of likely N-dealkylation sites (tertiary alicyclic amines) is 1. The van der Waals surface area contributed by atoms with Crippen molar-refractivity contribution < 1.29 is 9.59 Å². The van der Waals surface area contributed by atoms with Gasteiger partial charge in [-0.25, -0.2) is 4.98 Å². The fourth-order valence-electron chi connectivity index (χ4n) is 3.79. The topological polar surface area (TPSA) is 88.3 Å². The van der Waals surface area contributed by atoms with Crippen molar-refractivity contribution in [2.45, 2.75) is 64.6 Å². The number of pyridine rings is 1. The van der Waals surface area contributed by atoms with Crippen molar-refractivity contribution in [1.29, 1.82) is 0 Å². The van der Waals surface area contributed by atoms with Gasteiger partial charge < -0.3 is 16.0 Å². The molecule has 3 N–H and O–H groups in total. The Morgan fingerprint density at radius 3 is 2.30 bits per heavy atom. The van der Waals surface area contributed by atoms with Crippen molar-refractivity contribution in [3.63, 3.8) is 0 Å². The normalized spacial score (nSPS) is 20.2. The van der Waals surface area contributed by atoms with Crippen LogP contribution in [0.15, 0.2) is 18.2 Å². The van der Waals surface area contributed by atoms with Gasteiger partial charge in [-0.3, -0.25) is 9.59 Å². The number of nitrogens with one attached hydrogen (secondary N) is 1. The number of carbonyl (C=O) groups is 2. The van der Waals surface area contributed by atoms with E-state index in [-0.39, 0.29) is 6.04 Å². The first-order valence-corrected chi connectivity index (χ1v) is 7.88. The van der Waals surface area contributed by atoms with Crippen LogP contribution in [0.25, 0.3) is 0 Å². The van der Waals surface area contributed by atoms with Crippen molar-refractivity contribution in [3.8, 4) is 0 Å². The van der Waals surface area contributed by atoms with E-state index < -0.39 is 22.9 Å². The summed E-state index contributed by atoms with van der Waals surface area (Å²) in [5.74, 6) is -0.831. The molecule has 6 nitrogen and oxygen atoms in total. The Balaban J connectivity index is 2.22. The average Bonchev–Trinajstić information content (AvgIpc) is 2.34. The SMILES string of the molecule is Cc1cccc(NC(=O)C(=O)N2C(C)(C)CC(N)CC2(C)C)n1. The number of carbonyl (C=O) groups excluding carboxylic acids is 2. The van der Waals surface area contributed by atoms with Gasteiger partial charge in [0.25, 0.3) is 0 Å².